The van der Waals surface area contributed by atoms with Crippen LogP contribution in [-0.4, -0.2) is 33.2 Å². The monoisotopic (exact) mass is 504 g/mol. The molecule has 3 N–H and O–H groups in total. The zero-order valence-electron chi connectivity index (χ0n) is 16.6. The van der Waals surface area contributed by atoms with E-state index < -0.39 is 11.9 Å². The van der Waals surface area contributed by atoms with Gasteiger partial charge in [0.25, 0.3) is 0 Å². The number of aromatic nitrogens is 4. The topological polar surface area (TPSA) is 117 Å². The van der Waals surface area contributed by atoms with Gasteiger partial charge in [0.1, 0.15) is 12.6 Å². The van der Waals surface area contributed by atoms with Crippen LogP contribution in [0.5, 0.6) is 11.5 Å². The number of nitrogens with two attached hydrogens (primary N) is 1. The average Bonchev–Trinajstić information content (AvgIpc) is 3.20. The van der Waals surface area contributed by atoms with Crippen LogP contribution >= 0.6 is 27.5 Å². The highest BCUT2D eigenvalue weighted by molar-refractivity contribution is 9.10. The normalized spacial score (nSPS) is 15.3. The molecule has 2 aromatic carbocycles. The fourth-order valence-electron chi connectivity index (χ4n) is 3.44. The van der Waals surface area contributed by atoms with Crippen LogP contribution in [0.1, 0.15) is 24.1 Å². The molecule has 31 heavy (non-hydrogen) atoms. The maximum atomic E-state index is 12.2. The van der Waals surface area contributed by atoms with Crippen LogP contribution in [0.4, 0.5) is 5.95 Å². The number of primary amides is 1. The average molecular weight is 506 g/mol. The van der Waals surface area contributed by atoms with Crippen LogP contribution in [0.3, 0.4) is 0 Å². The van der Waals surface area contributed by atoms with E-state index in [1.807, 2.05) is 24.3 Å². The summed E-state index contributed by atoms with van der Waals surface area (Å²) in [5.74, 6) is 0.788. The van der Waals surface area contributed by atoms with Crippen LogP contribution in [0.2, 0.25) is 5.02 Å². The number of hydrogen-bond donors (Lipinski definition) is 2. The molecule has 0 saturated heterocycles. The highest BCUT2D eigenvalue weighted by Crippen LogP contribution is 2.42. The second-order valence-corrected chi connectivity index (χ2v) is 8.05. The Kier molecular flexibility index (Phi) is 5.84. The van der Waals surface area contributed by atoms with Crippen LogP contribution in [-0.2, 0) is 11.4 Å². The standard InChI is InChI=1S/C20H18BrClN6O3/c1-10-16(19(23)29)17(28-20(24-10)25-26-27-28)12-7-13(21)18(15(8-12)30-2)31-9-11-5-3-4-6-14(11)22/h3-8,17H,9H2,1-2H3,(H2,23,29)(H,24,25,27). The molecule has 11 heteroatoms. The van der Waals surface area contributed by atoms with Crippen molar-refractivity contribution in [3.8, 4) is 11.5 Å². The summed E-state index contributed by atoms with van der Waals surface area (Å²) < 4.78 is 13.7. The molecule has 1 aliphatic heterocycles. The SMILES string of the molecule is COc1cc(C2C(C(N)=O)=C(C)Nc3nnnn32)cc(Br)c1OCc1ccccc1Cl. The third kappa shape index (κ3) is 3.96. The number of anilines is 1. The Morgan fingerprint density at radius 2 is 2.13 bits per heavy atom. The minimum atomic E-state index is -0.633. The number of ether oxygens (including phenoxy) is 2. The van der Waals surface area contributed by atoms with Gasteiger partial charge in [-0.25, -0.2) is 0 Å². The first-order chi connectivity index (χ1) is 14.9. The fraction of sp³-hybridized carbons (Fsp3) is 0.200. The summed E-state index contributed by atoms with van der Waals surface area (Å²) in [6.07, 6.45) is 0. The van der Waals surface area contributed by atoms with Crippen LogP contribution < -0.4 is 20.5 Å². The Morgan fingerprint density at radius 1 is 1.35 bits per heavy atom. The summed E-state index contributed by atoms with van der Waals surface area (Å²) in [6, 6.07) is 10.4. The van der Waals surface area contributed by atoms with Crippen molar-refractivity contribution in [1.82, 2.24) is 20.2 Å². The maximum Gasteiger partial charge on any atom is 0.248 e. The van der Waals surface area contributed by atoms with Crippen molar-refractivity contribution in [1.29, 1.82) is 0 Å². The smallest absolute Gasteiger partial charge is 0.248 e. The lowest BCUT2D eigenvalue weighted by molar-refractivity contribution is -0.115. The summed E-state index contributed by atoms with van der Waals surface area (Å²) in [5.41, 5.74) is 8.13. The molecular weight excluding hydrogens is 488 g/mol. The molecule has 0 saturated carbocycles. The van der Waals surface area contributed by atoms with E-state index >= 15 is 0 Å². The van der Waals surface area contributed by atoms with E-state index in [2.05, 4.69) is 36.8 Å². The second-order valence-electron chi connectivity index (χ2n) is 6.79. The summed E-state index contributed by atoms with van der Waals surface area (Å²) >= 11 is 9.78. The first-order valence-electron chi connectivity index (χ1n) is 9.19. The van der Waals surface area contributed by atoms with Gasteiger partial charge in [0.05, 0.1) is 17.2 Å². The van der Waals surface area contributed by atoms with Gasteiger partial charge in [-0.05, 0) is 57.0 Å². The third-order valence-corrected chi connectivity index (χ3v) is 5.83. The van der Waals surface area contributed by atoms with E-state index in [9.17, 15) is 4.79 Å². The Hall–Kier alpha value is -3.11. The van der Waals surface area contributed by atoms with E-state index in [-0.39, 0.29) is 6.61 Å². The van der Waals surface area contributed by atoms with Crippen molar-refractivity contribution in [3.05, 3.63) is 68.3 Å². The van der Waals surface area contributed by atoms with Crippen molar-refractivity contribution in [2.75, 3.05) is 12.4 Å². The number of nitrogens with zero attached hydrogens (tertiary/aromatic N) is 4. The lowest BCUT2D eigenvalue weighted by atomic mass is 9.95. The van der Waals surface area contributed by atoms with Crippen molar-refractivity contribution in [2.45, 2.75) is 19.6 Å². The molecule has 9 nitrogen and oxygen atoms in total. The first kappa shape index (κ1) is 21.1. The number of fused-ring (bicyclic) bond motifs is 1. The van der Waals surface area contributed by atoms with Gasteiger partial charge in [-0.2, -0.15) is 4.68 Å². The molecular formula is C20H18BrClN6O3. The highest BCUT2D eigenvalue weighted by atomic mass is 79.9. The van der Waals surface area contributed by atoms with Gasteiger partial charge in [0.15, 0.2) is 11.5 Å². The zero-order valence-corrected chi connectivity index (χ0v) is 18.9. The number of allylic oxidation sites excluding steroid dienone is 1. The molecule has 1 atom stereocenters. The number of nitrogens with one attached hydrogen (secondary N) is 1. The minimum absolute atomic E-state index is 0.254. The maximum absolute atomic E-state index is 12.2. The number of rotatable bonds is 6. The molecule has 4 rings (SSSR count). The number of halogens is 2. The zero-order chi connectivity index (χ0) is 22.1. The minimum Gasteiger partial charge on any atom is -0.493 e. The van der Waals surface area contributed by atoms with E-state index in [0.29, 0.717) is 43.8 Å². The lowest BCUT2D eigenvalue weighted by Crippen LogP contribution is -2.31. The van der Waals surface area contributed by atoms with Crippen molar-refractivity contribution in [2.24, 2.45) is 5.73 Å². The summed E-state index contributed by atoms with van der Waals surface area (Å²) in [4.78, 5) is 12.2. The number of benzene rings is 2. The third-order valence-electron chi connectivity index (χ3n) is 4.88. The van der Waals surface area contributed by atoms with Crippen molar-refractivity contribution < 1.29 is 14.3 Å². The van der Waals surface area contributed by atoms with E-state index in [4.69, 9.17) is 26.8 Å². The number of tetrazole rings is 1. The number of carbonyl (C=O) groups is 1. The Morgan fingerprint density at radius 3 is 2.84 bits per heavy atom. The number of methoxy groups -OCH3 is 1. The summed E-state index contributed by atoms with van der Waals surface area (Å²) in [5, 5.41) is 15.3. The first-order valence-corrected chi connectivity index (χ1v) is 10.4. The van der Waals surface area contributed by atoms with E-state index in [0.717, 1.165) is 5.56 Å². The molecule has 3 aromatic rings. The van der Waals surface area contributed by atoms with Gasteiger partial charge >= 0.3 is 0 Å². The molecule has 0 radical (unpaired) electrons. The second kappa shape index (κ2) is 8.56. The van der Waals surface area contributed by atoms with Crippen LogP contribution in [0, 0.1) is 0 Å². The predicted octanol–water partition coefficient (Wildman–Crippen LogP) is 3.45. The molecule has 1 unspecified atom stereocenters. The molecule has 0 spiro atoms. The van der Waals surface area contributed by atoms with E-state index in [1.165, 1.54) is 11.8 Å². The van der Waals surface area contributed by atoms with Crippen LogP contribution in [0.15, 0.2) is 52.1 Å². The largest absolute Gasteiger partial charge is 0.493 e. The van der Waals surface area contributed by atoms with Crippen molar-refractivity contribution in [3.63, 3.8) is 0 Å². The Balaban J connectivity index is 1.74. The Labute approximate surface area is 191 Å². The fourth-order valence-corrected chi connectivity index (χ4v) is 4.21. The predicted molar refractivity (Wildman–Crippen MR) is 118 cm³/mol. The Bertz CT molecular complexity index is 1200. The quantitative estimate of drug-likeness (QED) is 0.527. The molecule has 0 aliphatic carbocycles. The van der Waals surface area contributed by atoms with E-state index in [1.54, 1.807) is 19.1 Å². The molecule has 1 aromatic heterocycles. The van der Waals surface area contributed by atoms with Crippen LogP contribution in [0.25, 0.3) is 0 Å². The van der Waals surface area contributed by atoms with Crippen molar-refractivity contribution >= 4 is 39.4 Å². The number of hydrogen-bond acceptors (Lipinski definition) is 7. The van der Waals surface area contributed by atoms with Gasteiger partial charge in [-0.1, -0.05) is 34.9 Å². The lowest BCUT2D eigenvalue weighted by Gasteiger charge is -2.27. The molecule has 0 bridgehead atoms. The molecule has 0 fully saturated rings. The summed E-state index contributed by atoms with van der Waals surface area (Å²) in [6.45, 7) is 2.00. The number of amides is 1. The van der Waals surface area contributed by atoms with Gasteiger partial charge in [-0.3, -0.25) is 4.79 Å². The van der Waals surface area contributed by atoms with Gasteiger partial charge in [0.2, 0.25) is 11.9 Å². The molecule has 2 heterocycles. The molecule has 1 aliphatic rings. The summed E-state index contributed by atoms with van der Waals surface area (Å²) in [7, 11) is 1.54. The molecule has 160 valence electrons. The molecule has 1 amide bonds. The highest BCUT2D eigenvalue weighted by Gasteiger charge is 2.34. The van der Waals surface area contributed by atoms with Gasteiger partial charge in [0, 0.05) is 16.3 Å². The number of carbonyl (C=O) groups excluding carboxylic acids is 1. The van der Waals surface area contributed by atoms with Gasteiger partial charge < -0.3 is 20.5 Å². The van der Waals surface area contributed by atoms with Gasteiger partial charge in [-0.15, -0.1) is 0 Å².